The predicted molar refractivity (Wildman–Crippen MR) is 252 cm³/mol. The third-order valence-electron chi connectivity index (χ3n) is 10.8. The van der Waals surface area contributed by atoms with Crippen molar-refractivity contribution in [2.45, 2.75) is 112 Å². The number of fused-ring (bicyclic) bond motifs is 2. The summed E-state index contributed by atoms with van der Waals surface area (Å²) in [6.45, 7) is 11.9. The fourth-order valence-corrected chi connectivity index (χ4v) is 7.41. The highest BCUT2D eigenvalue weighted by Gasteiger charge is 2.21. The highest BCUT2D eigenvalue weighted by molar-refractivity contribution is 5.80. The number of methoxy groups -OCH3 is 1. The quantitative estimate of drug-likeness (QED) is 0.0602. The van der Waals surface area contributed by atoms with Crippen molar-refractivity contribution in [3.05, 3.63) is 130 Å². The van der Waals surface area contributed by atoms with Gasteiger partial charge in [-0.2, -0.15) is 0 Å². The molecule has 7 rings (SSSR count). The van der Waals surface area contributed by atoms with Crippen molar-refractivity contribution < 1.29 is 24.0 Å². The van der Waals surface area contributed by atoms with E-state index in [9.17, 15) is 38.9 Å². The summed E-state index contributed by atoms with van der Waals surface area (Å²) in [6, 6.07) is 18.5. The number of para-hydroxylation sites is 1. The molecule has 0 bridgehead atoms. The lowest BCUT2D eigenvalue weighted by Crippen LogP contribution is -2.40. The second kappa shape index (κ2) is 23.6. The molecule has 3 aromatic carbocycles. The van der Waals surface area contributed by atoms with Crippen molar-refractivity contribution >= 4 is 39.6 Å². The molecule has 1 unspecified atom stereocenters. The van der Waals surface area contributed by atoms with Crippen molar-refractivity contribution in [1.29, 1.82) is 0 Å². The number of amides is 2. The number of nitro groups is 1. The van der Waals surface area contributed by atoms with Crippen molar-refractivity contribution in [1.82, 2.24) is 38.5 Å². The molecule has 1 aliphatic heterocycles. The molecule has 352 valence electrons. The first-order valence-corrected chi connectivity index (χ1v) is 22.3. The van der Waals surface area contributed by atoms with Crippen LogP contribution in [0.4, 0.5) is 10.5 Å². The van der Waals surface area contributed by atoms with Gasteiger partial charge in [0.05, 0.1) is 54.1 Å². The number of ether oxygens (including phenoxy) is 2. The fraction of sp³-hybridized carbons (Fsp3) is 0.426. The average molecular weight is 910 g/mol. The van der Waals surface area contributed by atoms with Gasteiger partial charge in [0.25, 0.3) is 16.8 Å². The van der Waals surface area contributed by atoms with Crippen LogP contribution in [-0.4, -0.2) is 70.9 Å². The Morgan fingerprint density at radius 2 is 1.55 bits per heavy atom. The van der Waals surface area contributed by atoms with Gasteiger partial charge in [-0.25, -0.2) is 19.4 Å². The number of carbonyl (C=O) groups is 2. The van der Waals surface area contributed by atoms with E-state index in [2.05, 4.69) is 22.5 Å². The van der Waals surface area contributed by atoms with E-state index in [1.165, 1.54) is 40.6 Å². The van der Waals surface area contributed by atoms with Crippen LogP contribution in [0, 0.1) is 10.1 Å². The lowest BCUT2D eigenvalue weighted by atomic mass is 10.1. The van der Waals surface area contributed by atoms with Crippen LogP contribution in [0.3, 0.4) is 0 Å². The zero-order chi connectivity index (χ0) is 47.9. The molecular formula is C47H59N9O10. The van der Waals surface area contributed by atoms with E-state index in [0.717, 1.165) is 66.6 Å². The van der Waals surface area contributed by atoms with Gasteiger partial charge in [-0.3, -0.25) is 42.8 Å². The number of nitro benzene ring substituents is 1. The summed E-state index contributed by atoms with van der Waals surface area (Å²) in [5.74, 6) is 1.46. The molecule has 19 heteroatoms. The minimum absolute atomic E-state index is 0.0601. The molecule has 0 spiro atoms. The molecule has 6 aromatic rings. The first kappa shape index (κ1) is 49.7. The molecule has 66 heavy (non-hydrogen) atoms. The molecule has 2 amide bonds. The summed E-state index contributed by atoms with van der Waals surface area (Å²) >= 11 is 0. The number of aromatic nitrogens is 6. The number of hydrogen-bond donors (Lipinski definition) is 2. The maximum absolute atomic E-state index is 12.7. The molecule has 3 aromatic heterocycles. The largest absolute Gasteiger partial charge is 0.493 e. The number of urea groups is 1. The SMILES string of the molecule is CCCCOc1cc(CC2CNC(=O)N2)ccc1OC.CCCCn1c(=O)c2c(ncn2CC(C)=O)n(CCCC)c1=O.CCn1c(=O)c2ccccc2n(-c2cccc([N+](=O)[O-])c2)c1=O. The van der Waals surface area contributed by atoms with E-state index in [1.807, 2.05) is 32.0 Å². The Morgan fingerprint density at radius 1 is 0.833 bits per heavy atom. The summed E-state index contributed by atoms with van der Waals surface area (Å²) < 4.78 is 17.9. The Balaban J connectivity index is 0.000000186. The normalized spacial score (nSPS) is 13.0. The number of imidazole rings is 1. The smallest absolute Gasteiger partial charge is 0.336 e. The zero-order valence-electron chi connectivity index (χ0n) is 38.4. The lowest BCUT2D eigenvalue weighted by Gasteiger charge is -2.14. The summed E-state index contributed by atoms with van der Waals surface area (Å²) in [4.78, 5) is 87.7. The van der Waals surface area contributed by atoms with Crippen LogP contribution in [0.15, 0.2) is 92.2 Å². The van der Waals surface area contributed by atoms with E-state index in [4.69, 9.17) is 9.47 Å². The molecule has 1 fully saturated rings. The van der Waals surface area contributed by atoms with Crippen molar-refractivity contribution in [3.8, 4) is 17.2 Å². The van der Waals surface area contributed by atoms with E-state index >= 15 is 0 Å². The molecule has 1 atom stereocenters. The number of nitrogens with one attached hydrogen (secondary N) is 2. The van der Waals surface area contributed by atoms with Gasteiger partial charge in [0, 0.05) is 38.3 Å². The van der Waals surface area contributed by atoms with E-state index in [0.29, 0.717) is 54.0 Å². The molecule has 1 aliphatic rings. The van der Waals surface area contributed by atoms with Gasteiger partial charge in [-0.05, 0) is 75.4 Å². The number of ketones is 1. The van der Waals surface area contributed by atoms with Crippen molar-refractivity contribution in [2.24, 2.45) is 0 Å². The number of Topliss-reactive ketones (excluding diaryl/α,β-unsaturated/α-hetero) is 1. The molecule has 0 saturated carbocycles. The Bertz CT molecular complexity index is 2910. The topological polar surface area (TPSA) is 226 Å². The fourth-order valence-electron chi connectivity index (χ4n) is 7.41. The van der Waals surface area contributed by atoms with Gasteiger partial charge >= 0.3 is 17.4 Å². The Labute approximate surface area is 380 Å². The minimum atomic E-state index is -0.521. The maximum atomic E-state index is 12.7. The Hall–Kier alpha value is -7.31. The number of hydrogen-bond acceptors (Lipinski definition) is 11. The maximum Gasteiger partial charge on any atom is 0.336 e. The minimum Gasteiger partial charge on any atom is -0.493 e. The number of non-ortho nitro benzene ring substituents is 1. The van der Waals surface area contributed by atoms with Crippen LogP contribution in [-0.2, 0) is 37.4 Å². The van der Waals surface area contributed by atoms with E-state index in [-0.39, 0.29) is 53.4 Å². The van der Waals surface area contributed by atoms with Gasteiger partial charge in [-0.1, -0.05) is 64.3 Å². The molecule has 2 N–H and O–H groups in total. The van der Waals surface area contributed by atoms with Gasteiger partial charge in [0.2, 0.25) is 0 Å². The molecule has 19 nitrogen and oxygen atoms in total. The van der Waals surface area contributed by atoms with Crippen LogP contribution >= 0.6 is 0 Å². The Morgan fingerprint density at radius 3 is 2.18 bits per heavy atom. The molecule has 1 saturated heterocycles. The third kappa shape index (κ3) is 11.9. The number of rotatable bonds is 18. The highest BCUT2D eigenvalue weighted by Crippen LogP contribution is 2.29. The molecule has 0 aliphatic carbocycles. The van der Waals surface area contributed by atoms with Crippen molar-refractivity contribution in [3.63, 3.8) is 0 Å². The Kier molecular flexibility index (Phi) is 17.7. The number of aryl methyl sites for hydroxylation is 1. The predicted octanol–water partition coefficient (Wildman–Crippen LogP) is 5.73. The highest BCUT2D eigenvalue weighted by atomic mass is 16.6. The number of carbonyl (C=O) groups excluding carboxylic acids is 2. The monoisotopic (exact) mass is 909 g/mol. The number of benzene rings is 3. The molecular weight excluding hydrogens is 851 g/mol. The third-order valence-corrected chi connectivity index (χ3v) is 10.8. The van der Waals surface area contributed by atoms with Crippen LogP contribution in [0.1, 0.15) is 78.7 Å². The first-order chi connectivity index (χ1) is 31.8. The number of unbranched alkanes of at least 4 members (excludes halogenated alkanes) is 3. The summed E-state index contributed by atoms with van der Waals surface area (Å²) in [5, 5.41) is 17.0. The first-order valence-electron chi connectivity index (χ1n) is 22.3. The van der Waals surface area contributed by atoms with E-state index in [1.54, 1.807) is 53.5 Å². The standard InChI is InChI=1S/C16H24N4O3.C16H13N3O4.C15H22N2O3/c1-4-6-8-19-14-13(18(11-17-14)10-12(3)21)15(22)20(16(19)23)9-7-5-2;1-2-17-15(20)13-8-3-4-9-14(13)18(16(17)21)11-6-5-7-12(10-11)19(22)23;1-3-4-7-20-14-9-11(5-6-13(14)19-2)8-12-10-16-15(18)17-12/h11H,4-10H2,1-3H3;3-10H,2H2,1H3;5-6,9,12H,3-4,7-8,10H2,1-2H3,(H2,16,17,18). The van der Waals surface area contributed by atoms with Gasteiger partial charge < -0.3 is 24.7 Å². The molecule has 0 radical (unpaired) electrons. The second-order valence-electron chi connectivity index (χ2n) is 15.7. The summed E-state index contributed by atoms with van der Waals surface area (Å²) in [6.07, 6.45) is 7.81. The lowest BCUT2D eigenvalue weighted by molar-refractivity contribution is -0.384. The van der Waals surface area contributed by atoms with Crippen LogP contribution < -0.4 is 42.6 Å². The van der Waals surface area contributed by atoms with Gasteiger partial charge in [0.1, 0.15) is 5.78 Å². The summed E-state index contributed by atoms with van der Waals surface area (Å²) in [5.41, 5.74) is 0.956. The molecule has 4 heterocycles. The van der Waals surface area contributed by atoms with Crippen LogP contribution in [0.2, 0.25) is 0 Å². The van der Waals surface area contributed by atoms with Gasteiger partial charge in [0.15, 0.2) is 22.7 Å². The van der Waals surface area contributed by atoms with Crippen molar-refractivity contribution in [2.75, 3.05) is 20.3 Å². The second-order valence-corrected chi connectivity index (χ2v) is 15.7. The van der Waals surface area contributed by atoms with Crippen LogP contribution in [0.25, 0.3) is 27.8 Å². The zero-order valence-corrected chi connectivity index (χ0v) is 38.4. The van der Waals surface area contributed by atoms with Crippen LogP contribution in [0.5, 0.6) is 11.5 Å². The average Bonchev–Trinajstić information content (AvgIpc) is 3.92. The summed E-state index contributed by atoms with van der Waals surface area (Å²) in [7, 11) is 1.64. The number of nitrogens with zero attached hydrogens (tertiary/aromatic N) is 7. The van der Waals surface area contributed by atoms with E-state index < -0.39 is 10.6 Å². The van der Waals surface area contributed by atoms with Gasteiger partial charge in [-0.15, -0.1) is 0 Å².